The molecule has 0 aliphatic rings. The first-order chi connectivity index (χ1) is 10.2. The van der Waals surface area contributed by atoms with Crippen LogP contribution in [0.4, 0.5) is 10.1 Å². The molecule has 0 unspecified atom stereocenters. The smallest absolute Gasteiger partial charge is 0.125 e. The van der Waals surface area contributed by atoms with Crippen molar-refractivity contribution in [3.05, 3.63) is 77.9 Å². The average Bonchev–Trinajstić information content (AvgIpc) is 3.00. The van der Waals surface area contributed by atoms with E-state index >= 15 is 0 Å². The van der Waals surface area contributed by atoms with Gasteiger partial charge in [0.1, 0.15) is 5.82 Å². The molecule has 1 N–H and O–H groups in total. The van der Waals surface area contributed by atoms with Crippen LogP contribution in [0.5, 0.6) is 0 Å². The highest BCUT2D eigenvalue weighted by molar-refractivity contribution is 5.61. The molecule has 3 aromatic rings. The Morgan fingerprint density at radius 3 is 2.76 bits per heavy atom. The second kappa shape index (κ2) is 5.79. The number of nitrogens with one attached hydrogen (secondary N) is 1. The van der Waals surface area contributed by atoms with Crippen LogP contribution in [0, 0.1) is 12.7 Å². The molecule has 0 spiro atoms. The van der Waals surface area contributed by atoms with Crippen molar-refractivity contribution < 1.29 is 4.39 Å². The Hall–Kier alpha value is -2.62. The van der Waals surface area contributed by atoms with E-state index in [1.165, 1.54) is 23.3 Å². The zero-order valence-electron chi connectivity index (χ0n) is 11.8. The highest BCUT2D eigenvalue weighted by Gasteiger charge is 2.07. The van der Waals surface area contributed by atoms with Gasteiger partial charge in [0.2, 0.25) is 0 Å². The third-order valence-electron chi connectivity index (χ3n) is 3.44. The normalized spacial score (nSPS) is 10.6. The lowest BCUT2D eigenvalue weighted by Gasteiger charge is -2.13. The van der Waals surface area contributed by atoms with E-state index in [0.29, 0.717) is 6.54 Å². The van der Waals surface area contributed by atoms with E-state index in [2.05, 4.69) is 29.5 Å². The van der Waals surface area contributed by atoms with Gasteiger partial charge in [-0.3, -0.25) is 0 Å². The molecular weight excluding hydrogens is 265 g/mol. The molecule has 0 bridgehead atoms. The molecule has 0 aliphatic heterocycles. The molecule has 1 heterocycles. The molecule has 2 aromatic carbocycles. The largest absolute Gasteiger partial charge is 0.379 e. The Morgan fingerprint density at radius 1 is 1.14 bits per heavy atom. The molecule has 0 saturated carbocycles. The minimum Gasteiger partial charge on any atom is -0.379 e. The van der Waals surface area contributed by atoms with Crippen molar-refractivity contribution >= 4 is 5.69 Å². The predicted octanol–water partition coefficient (Wildman–Crippen LogP) is 3.93. The lowest BCUT2D eigenvalue weighted by molar-refractivity contribution is 0.627. The van der Waals surface area contributed by atoms with E-state index in [0.717, 1.165) is 11.4 Å². The van der Waals surface area contributed by atoms with E-state index < -0.39 is 0 Å². The van der Waals surface area contributed by atoms with Crippen molar-refractivity contribution in [2.75, 3.05) is 5.32 Å². The van der Waals surface area contributed by atoms with Gasteiger partial charge in [-0.1, -0.05) is 24.3 Å². The maximum atomic E-state index is 13.5. The van der Waals surface area contributed by atoms with Crippen molar-refractivity contribution in [3.8, 4) is 5.69 Å². The number of aryl methyl sites for hydroxylation is 1. The summed E-state index contributed by atoms with van der Waals surface area (Å²) in [6.07, 6.45) is 3.54. The quantitative estimate of drug-likeness (QED) is 0.785. The van der Waals surface area contributed by atoms with Crippen molar-refractivity contribution in [1.29, 1.82) is 0 Å². The summed E-state index contributed by atoms with van der Waals surface area (Å²) >= 11 is 0. The van der Waals surface area contributed by atoms with E-state index in [1.54, 1.807) is 16.9 Å². The van der Waals surface area contributed by atoms with Gasteiger partial charge in [0.05, 0.1) is 11.4 Å². The summed E-state index contributed by atoms with van der Waals surface area (Å²) in [4.78, 5) is 0. The van der Waals surface area contributed by atoms with Crippen molar-refractivity contribution in [3.63, 3.8) is 0 Å². The van der Waals surface area contributed by atoms with Crippen molar-refractivity contribution in [2.45, 2.75) is 13.5 Å². The summed E-state index contributed by atoms with van der Waals surface area (Å²) < 4.78 is 15.2. The molecule has 0 atom stereocenters. The first-order valence-corrected chi connectivity index (χ1v) is 6.82. The van der Waals surface area contributed by atoms with Gasteiger partial charge in [0, 0.05) is 18.9 Å². The molecule has 3 nitrogen and oxygen atoms in total. The first kappa shape index (κ1) is 13.4. The summed E-state index contributed by atoms with van der Waals surface area (Å²) in [5.41, 5.74) is 3.95. The Kier molecular flexibility index (Phi) is 3.69. The first-order valence-electron chi connectivity index (χ1n) is 6.82. The van der Waals surface area contributed by atoms with E-state index in [1.807, 2.05) is 24.4 Å². The monoisotopic (exact) mass is 281 g/mol. The van der Waals surface area contributed by atoms with E-state index in [4.69, 9.17) is 0 Å². The Bertz CT molecular complexity index is 736. The molecule has 0 amide bonds. The van der Waals surface area contributed by atoms with Crippen LogP contribution in [0.2, 0.25) is 0 Å². The molecule has 0 radical (unpaired) electrons. The fourth-order valence-electron chi connectivity index (χ4n) is 2.26. The fraction of sp³-hybridized carbons (Fsp3) is 0.118. The Morgan fingerprint density at radius 2 is 2.00 bits per heavy atom. The number of benzene rings is 2. The Balaban J connectivity index is 1.88. The van der Waals surface area contributed by atoms with Crippen molar-refractivity contribution in [1.82, 2.24) is 9.78 Å². The number of rotatable bonds is 4. The maximum absolute atomic E-state index is 13.5. The second-order valence-electron chi connectivity index (χ2n) is 4.89. The van der Waals surface area contributed by atoms with Crippen LogP contribution in [0.3, 0.4) is 0 Å². The van der Waals surface area contributed by atoms with Crippen LogP contribution in [-0.4, -0.2) is 9.78 Å². The van der Waals surface area contributed by atoms with Gasteiger partial charge in [-0.05, 0) is 42.3 Å². The van der Waals surface area contributed by atoms with Crippen LogP contribution < -0.4 is 5.32 Å². The standard InChI is InChI=1S/C17H16FN3/c1-13-5-2-3-6-14(13)12-19-16-11-15(18)7-8-17(16)21-10-4-9-20-21/h2-11,19H,12H2,1H3. The lowest BCUT2D eigenvalue weighted by Crippen LogP contribution is -2.06. The minimum atomic E-state index is -0.266. The van der Waals surface area contributed by atoms with Crippen LogP contribution in [-0.2, 0) is 6.54 Å². The molecule has 0 saturated heterocycles. The van der Waals surface area contributed by atoms with Gasteiger partial charge in [-0.25, -0.2) is 9.07 Å². The fourth-order valence-corrected chi connectivity index (χ4v) is 2.26. The molecule has 0 fully saturated rings. The minimum absolute atomic E-state index is 0.266. The van der Waals surface area contributed by atoms with Crippen LogP contribution >= 0.6 is 0 Å². The maximum Gasteiger partial charge on any atom is 0.125 e. The molecule has 3 rings (SSSR count). The lowest BCUT2D eigenvalue weighted by atomic mass is 10.1. The predicted molar refractivity (Wildman–Crippen MR) is 82.0 cm³/mol. The van der Waals surface area contributed by atoms with Gasteiger partial charge >= 0.3 is 0 Å². The summed E-state index contributed by atoms with van der Waals surface area (Å²) in [5.74, 6) is -0.266. The summed E-state index contributed by atoms with van der Waals surface area (Å²) in [6, 6.07) is 14.6. The number of nitrogens with zero attached hydrogens (tertiary/aromatic N) is 2. The summed E-state index contributed by atoms with van der Waals surface area (Å²) in [6.45, 7) is 2.71. The number of halogens is 1. The van der Waals surface area contributed by atoms with Crippen LogP contribution in [0.25, 0.3) is 5.69 Å². The van der Waals surface area contributed by atoms with E-state index in [9.17, 15) is 4.39 Å². The number of anilines is 1. The SMILES string of the molecule is Cc1ccccc1CNc1cc(F)ccc1-n1cccn1. The number of aromatic nitrogens is 2. The zero-order chi connectivity index (χ0) is 14.7. The summed E-state index contributed by atoms with van der Waals surface area (Å²) in [5, 5.41) is 7.50. The molecular formula is C17H16FN3. The molecule has 106 valence electrons. The second-order valence-corrected chi connectivity index (χ2v) is 4.89. The van der Waals surface area contributed by atoms with Gasteiger partial charge in [0.25, 0.3) is 0 Å². The van der Waals surface area contributed by atoms with Gasteiger partial charge < -0.3 is 5.32 Å². The number of hydrogen-bond donors (Lipinski definition) is 1. The third kappa shape index (κ3) is 2.94. The molecule has 0 aliphatic carbocycles. The van der Waals surface area contributed by atoms with Crippen LogP contribution in [0.1, 0.15) is 11.1 Å². The third-order valence-corrected chi connectivity index (χ3v) is 3.44. The Labute approximate surface area is 123 Å². The molecule has 4 heteroatoms. The molecule has 21 heavy (non-hydrogen) atoms. The van der Waals surface area contributed by atoms with Gasteiger partial charge in [-0.2, -0.15) is 5.10 Å². The highest BCUT2D eigenvalue weighted by atomic mass is 19.1. The van der Waals surface area contributed by atoms with Gasteiger partial charge in [-0.15, -0.1) is 0 Å². The number of hydrogen-bond acceptors (Lipinski definition) is 2. The topological polar surface area (TPSA) is 29.9 Å². The molecule has 1 aromatic heterocycles. The average molecular weight is 281 g/mol. The van der Waals surface area contributed by atoms with Crippen LogP contribution in [0.15, 0.2) is 60.9 Å². The zero-order valence-corrected chi connectivity index (χ0v) is 11.8. The van der Waals surface area contributed by atoms with Crippen molar-refractivity contribution in [2.24, 2.45) is 0 Å². The van der Waals surface area contributed by atoms with E-state index in [-0.39, 0.29) is 5.82 Å². The highest BCUT2D eigenvalue weighted by Crippen LogP contribution is 2.22. The van der Waals surface area contributed by atoms with Gasteiger partial charge in [0.15, 0.2) is 0 Å². The summed E-state index contributed by atoms with van der Waals surface area (Å²) in [7, 11) is 0.